The highest BCUT2D eigenvalue weighted by Crippen LogP contribution is 2.43. The van der Waals surface area contributed by atoms with E-state index in [9.17, 15) is 5.11 Å². The molecule has 1 unspecified atom stereocenters. The van der Waals surface area contributed by atoms with Crippen LogP contribution in [-0.4, -0.2) is 27.2 Å². The van der Waals surface area contributed by atoms with Crippen LogP contribution < -0.4 is 0 Å². The van der Waals surface area contributed by atoms with Crippen molar-refractivity contribution in [2.24, 2.45) is 5.41 Å². The standard InChI is InChI=1S/C13H19NOS/c1-12(2)5-7-16-10-13(12,15)8-11-4-3-6-14-9-11/h3-4,6,9,15H,5,7-8,10H2,1-2H3. The molecule has 0 aromatic carbocycles. The first-order chi connectivity index (χ1) is 7.54. The zero-order valence-electron chi connectivity index (χ0n) is 9.94. The third kappa shape index (κ3) is 2.25. The molecule has 0 aliphatic carbocycles. The summed E-state index contributed by atoms with van der Waals surface area (Å²) in [4.78, 5) is 4.11. The van der Waals surface area contributed by atoms with E-state index in [-0.39, 0.29) is 5.41 Å². The van der Waals surface area contributed by atoms with Crippen LogP contribution in [0.15, 0.2) is 24.5 Å². The van der Waals surface area contributed by atoms with E-state index in [0.717, 1.165) is 23.5 Å². The number of aliphatic hydroxyl groups is 1. The number of pyridine rings is 1. The van der Waals surface area contributed by atoms with Gasteiger partial charge in [-0.15, -0.1) is 0 Å². The van der Waals surface area contributed by atoms with Crippen LogP contribution in [0.2, 0.25) is 0 Å². The zero-order chi connectivity index (χ0) is 11.6. The Bertz CT molecular complexity index is 352. The molecule has 0 bridgehead atoms. The lowest BCUT2D eigenvalue weighted by molar-refractivity contribution is -0.0513. The molecule has 0 saturated carbocycles. The van der Waals surface area contributed by atoms with E-state index >= 15 is 0 Å². The first kappa shape index (κ1) is 11.9. The third-order valence-electron chi connectivity index (χ3n) is 3.69. The van der Waals surface area contributed by atoms with Crippen molar-refractivity contribution in [2.75, 3.05) is 11.5 Å². The third-order valence-corrected chi connectivity index (χ3v) is 4.87. The molecule has 3 heteroatoms. The summed E-state index contributed by atoms with van der Waals surface area (Å²) >= 11 is 1.85. The van der Waals surface area contributed by atoms with Gasteiger partial charge >= 0.3 is 0 Å². The van der Waals surface area contributed by atoms with Crippen LogP contribution in [0.5, 0.6) is 0 Å². The van der Waals surface area contributed by atoms with Gasteiger partial charge in [-0.05, 0) is 29.2 Å². The van der Waals surface area contributed by atoms with E-state index in [1.165, 1.54) is 0 Å². The van der Waals surface area contributed by atoms with Crippen molar-refractivity contribution in [3.05, 3.63) is 30.1 Å². The molecule has 1 fully saturated rings. The number of hydrogen-bond acceptors (Lipinski definition) is 3. The van der Waals surface area contributed by atoms with E-state index in [4.69, 9.17) is 0 Å². The van der Waals surface area contributed by atoms with E-state index in [0.29, 0.717) is 6.42 Å². The molecule has 1 saturated heterocycles. The Balaban J connectivity index is 2.18. The summed E-state index contributed by atoms with van der Waals surface area (Å²) in [5.41, 5.74) is 0.521. The zero-order valence-corrected chi connectivity index (χ0v) is 10.8. The highest BCUT2D eigenvalue weighted by Gasteiger charge is 2.45. The molecule has 1 aliphatic rings. The minimum absolute atomic E-state index is 0.00586. The average Bonchev–Trinajstić information content (AvgIpc) is 2.24. The lowest BCUT2D eigenvalue weighted by Crippen LogP contribution is -2.51. The monoisotopic (exact) mass is 237 g/mol. The highest BCUT2D eigenvalue weighted by molar-refractivity contribution is 7.99. The second-order valence-corrected chi connectivity index (χ2v) is 6.36. The molecule has 1 aromatic rings. The van der Waals surface area contributed by atoms with Crippen molar-refractivity contribution in [2.45, 2.75) is 32.3 Å². The SMILES string of the molecule is CC1(C)CCSCC1(O)Cc1cccnc1. The second kappa shape index (κ2) is 4.38. The molecule has 1 aliphatic heterocycles. The average molecular weight is 237 g/mol. The fraction of sp³-hybridized carbons (Fsp3) is 0.615. The summed E-state index contributed by atoms with van der Waals surface area (Å²) < 4.78 is 0. The lowest BCUT2D eigenvalue weighted by atomic mass is 9.71. The predicted octanol–water partition coefficient (Wildman–Crippen LogP) is 2.52. The fourth-order valence-electron chi connectivity index (χ4n) is 2.13. The van der Waals surface area contributed by atoms with E-state index < -0.39 is 5.60 Å². The first-order valence-electron chi connectivity index (χ1n) is 5.73. The van der Waals surface area contributed by atoms with Gasteiger partial charge in [0.15, 0.2) is 0 Å². The van der Waals surface area contributed by atoms with Crippen LogP contribution >= 0.6 is 11.8 Å². The van der Waals surface area contributed by atoms with E-state index in [2.05, 4.69) is 18.8 Å². The molecular weight excluding hydrogens is 218 g/mol. The summed E-state index contributed by atoms with van der Waals surface area (Å²) in [6.07, 6.45) is 5.41. The topological polar surface area (TPSA) is 33.1 Å². The summed E-state index contributed by atoms with van der Waals surface area (Å²) in [5, 5.41) is 10.8. The number of aromatic nitrogens is 1. The van der Waals surface area contributed by atoms with Crippen molar-refractivity contribution in [1.82, 2.24) is 4.98 Å². The summed E-state index contributed by atoms with van der Waals surface area (Å²) in [6, 6.07) is 3.97. The maximum atomic E-state index is 10.8. The number of rotatable bonds is 2. The van der Waals surface area contributed by atoms with Crippen molar-refractivity contribution in [1.29, 1.82) is 0 Å². The Morgan fingerprint density at radius 2 is 2.31 bits per heavy atom. The van der Waals surface area contributed by atoms with Crippen molar-refractivity contribution >= 4 is 11.8 Å². The number of thioether (sulfide) groups is 1. The Morgan fingerprint density at radius 3 is 2.94 bits per heavy atom. The molecule has 2 rings (SSSR count). The minimum atomic E-state index is -0.598. The van der Waals surface area contributed by atoms with Crippen molar-refractivity contribution in [3.63, 3.8) is 0 Å². The van der Waals surface area contributed by atoms with Gasteiger partial charge in [-0.2, -0.15) is 11.8 Å². The largest absolute Gasteiger partial charge is 0.388 e. The van der Waals surface area contributed by atoms with Gasteiger partial charge in [0.2, 0.25) is 0 Å². The second-order valence-electron chi connectivity index (χ2n) is 5.26. The molecule has 0 radical (unpaired) electrons. The Labute approximate surface area is 101 Å². The molecule has 16 heavy (non-hydrogen) atoms. The molecule has 2 heterocycles. The van der Waals surface area contributed by atoms with Crippen LogP contribution in [0.3, 0.4) is 0 Å². The van der Waals surface area contributed by atoms with Gasteiger partial charge in [0.1, 0.15) is 0 Å². The van der Waals surface area contributed by atoms with Crippen LogP contribution in [-0.2, 0) is 6.42 Å². The number of nitrogens with zero attached hydrogens (tertiary/aromatic N) is 1. The van der Waals surface area contributed by atoms with E-state index in [1.54, 1.807) is 6.20 Å². The smallest absolute Gasteiger partial charge is 0.0829 e. The molecular formula is C13H19NOS. The Morgan fingerprint density at radius 1 is 1.50 bits per heavy atom. The van der Waals surface area contributed by atoms with Crippen LogP contribution in [0, 0.1) is 5.41 Å². The Hall–Kier alpha value is -0.540. The molecule has 1 atom stereocenters. The van der Waals surface area contributed by atoms with Crippen LogP contribution in [0.25, 0.3) is 0 Å². The summed E-state index contributed by atoms with van der Waals surface area (Å²) in [7, 11) is 0. The van der Waals surface area contributed by atoms with Gasteiger partial charge in [0.05, 0.1) is 5.60 Å². The van der Waals surface area contributed by atoms with Crippen molar-refractivity contribution in [3.8, 4) is 0 Å². The molecule has 1 aromatic heterocycles. The maximum absolute atomic E-state index is 10.8. The quantitative estimate of drug-likeness (QED) is 0.858. The van der Waals surface area contributed by atoms with Crippen LogP contribution in [0.4, 0.5) is 0 Å². The predicted molar refractivity (Wildman–Crippen MR) is 68.6 cm³/mol. The molecule has 0 amide bonds. The summed E-state index contributed by atoms with van der Waals surface area (Å²) in [6.45, 7) is 4.34. The van der Waals surface area contributed by atoms with Gasteiger partial charge in [-0.1, -0.05) is 19.9 Å². The minimum Gasteiger partial charge on any atom is -0.388 e. The normalized spacial score (nSPS) is 28.9. The van der Waals surface area contributed by atoms with Gasteiger partial charge in [0.25, 0.3) is 0 Å². The molecule has 1 N–H and O–H groups in total. The molecule has 0 spiro atoms. The Kier molecular flexibility index (Phi) is 3.27. The van der Waals surface area contributed by atoms with Gasteiger partial charge in [-0.3, -0.25) is 4.98 Å². The fourth-order valence-corrected chi connectivity index (χ4v) is 3.76. The summed E-state index contributed by atoms with van der Waals surface area (Å²) in [5.74, 6) is 1.98. The van der Waals surface area contributed by atoms with Crippen molar-refractivity contribution < 1.29 is 5.11 Å². The number of hydrogen-bond donors (Lipinski definition) is 1. The molecule has 2 nitrogen and oxygen atoms in total. The van der Waals surface area contributed by atoms with Gasteiger partial charge < -0.3 is 5.11 Å². The first-order valence-corrected chi connectivity index (χ1v) is 6.88. The van der Waals surface area contributed by atoms with E-state index in [1.807, 2.05) is 30.1 Å². The highest BCUT2D eigenvalue weighted by atomic mass is 32.2. The maximum Gasteiger partial charge on any atom is 0.0829 e. The van der Waals surface area contributed by atoms with Gasteiger partial charge in [-0.25, -0.2) is 0 Å². The van der Waals surface area contributed by atoms with Gasteiger partial charge in [0, 0.05) is 24.6 Å². The lowest BCUT2D eigenvalue weighted by Gasteiger charge is -2.46. The molecule has 88 valence electrons. The van der Waals surface area contributed by atoms with Crippen LogP contribution in [0.1, 0.15) is 25.8 Å².